The molecule has 3 heterocycles. The molecule has 0 spiro atoms. The minimum Gasteiger partial charge on any atom is -0.457 e. The first-order valence-corrected chi connectivity index (χ1v) is 24.4. The number of para-hydroxylation sites is 1. The van der Waals surface area contributed by atoms with Crippen molar-refractivity contribution in [1.82, 2.24) is 9.55 Å². The molecule has 0 saturated carbocycles. The van der Waals surface area contributed by atoms with E-state index in [-0.39, 0.29) is 21.7 Å². The van der Waals surface area contributed by atoms with Crippen molar-refractivity contribution in [3.8, 4) is 17.3 Å². The number of rotatable bonds is 10. The van der Waals surface area contributed by atoms with Gasteiger partial charge < -0.3 is 14.5 Å². The lowest BCUT2D eigenvalue weighted by Gasteiger charge is -2.31. The third-order valence-corrected chi connectivity index (χ3v) is 14.4. The first-order valence-electron chi connectivity index (χ1n) is 24.4. The third kappa shape index (κ3) is 8.60. The number of ether oxygens (including phenoxy) is 1. The van der Waals surface area contributed by atoms with Crippen LogP contribution in [0.2, 0.25) is 0 Å². The molecule has 5 heteroatoms. The Bertz CT molecular complexity index is 3350. The number of benzene rings is 7. The van der Waals surface area contributed by atoms with Crippen LogP contribution in [-0.4, -0.2) is 16.2 Å². The van der Waals surface area contributed by atoms with Gasteiger partial charge in [0.05, 0.1) is 23.4 Å². The highest BCUT2D eigenvalue weighted by Gasteiger charge is 2.31. The molecule has 0 bridgehead atoms. The second-order valence-electron chi connectivity index (χ2n) is 21.9. The van der Waals surface area contributed by atoms with Gasteiger partial charge in [-0.1, -0.05) is 191 Å². The van der Waals surface area contributed by atoms with Gasteiger partial charge in [0, 0.05) is 57.5 Å². The van der Waals surface area contributed by atoms with Crippen LogP contribution in [-0.2, 0) is 21.7 Å². The molecule has 0 saturated heterocycles. The third-order valence-electron chi connectivity index (χ3n) is 14.4. The van der Waals surface area contributed by atoms with Crippen molar-refractivity contribution in [2.45, 2.75) is 90.9 Å². The summed E-state index contributed by atoms with van der Waals surface area (Å²) in [5, 5.41) is 2.42. The Hall–Kier alpha value is -7.37. The van der Waals surface area contributed by atoms with Crippen LogP contribution >= 0.6 is 0 Å². The topological polar surface area (TPSA) is 33.5 Å². The summed E-state index contributed by atoms with van der Waals surface area (Å²) in [4.78, 5) is 9.85. The Morgan fingerprint density at radius 3 is 1.72 bits per heavy atom. The van der Waals surface area contributed by atoms with Crippen LogP contribution < -0.4 is 14.5 Å². The lowest BCUT2D eigenvalue weighted by Crippen LogP contribution is -2.27. The molecule has 69 heavy (non-hydrogen) atoms. The summed E-state index contributed by atoms with van der Waals surface area (Å²) in [5.41, 5.74) is 13.3. The highest BCUT2D eigenvalue weighted by atomic mass is 16.5. The quantitative estimate of drug-likeness (QED) is 0.137. The number of fused-ring (bicyclic) bond motifs is 3. The van der Waals surface area contributed by atoms with Gasteiger partial charge in [-0.05, 0) is 98.3 Å². The van der Waals surface area contributed by atoms with Crippen molar-refractivity contribution >= 4 is 38.9 Å². The fourth-order valence-electron chi connectivity index (χ4n) is 10.1. The fourth-order valence-corrected chi connectivity index (χ4v) is 10.1. The van der Waals surface area contributed by atoms with Crippen LogP contribution in [0.3, 0.4) is 0 Å². The van der Waals surface area contributed by atoms with E-state index in [0.717, 1.165) is 56.5 Å². The van der Waals surface area contributed by atoms with Crippen molar-refractivity contribution in [2.75, 3.05) is 16.5 Å². The van der Waals surface area contributed by atoms with Crippen molar-refractivity contribution in [3.05, 3.63) is 233 Å². The first-order chi connectivity index (χ1) is 33.0. The summed E-state index contributed by atoms with van der Waals surface area (Å²) in [6, 6.07) is 65.9. The molecule has 1 aliphatic heterocycles. The summed E-state index contributed by atoms with van der Waals surface area (Å²) in [7, 11) is 0. The maximum absolute atomic E-state index is 7.31. The molecule has 346 valence electrons. The number of pyridine rings is 1. The predicted molar refractivity (Wildman–Crippen MR) is 290 cm³/mol. The van der Waals surface area contributed by atoms with Crippen molar-refractivity contribution < 1.29 is 4.74 Å². The number of nitrogens with zero attached hydrogens (tertiary/aromatic N) is 4. The van der Waals surface area contributed by atoms with Crippen LogP contribution in [0.4, 0.5) is 11.4 Å². The zero-order valence-electron chi connectivity index (χ0n) is 41.9. The van der Waals surface area contributed by atoms with E-state index in [1.165, 1.54) is 38.6 Å². The minimum atomic E-state index is -0.348. The predicted octanol–water partition coefficient (Wildman–Crippen LogP) is 16.5. The Balaban J connectivity index is 1.13. The van der Waals surface area contributed by atoms with Gasteiger partial charge in [-0.25, -0.2) is 4.98 Å². The standard InChI is InChI=1S/C64H64N4O/c1-61(2,3)47-33-34-65-59(38-47)68-56-32-21-20-31-54(56)60-55(62(4,5)6)40-53(41-57(60)68)69-52-37-49(64(9,10)46-27-18-13-19-28-46)36-51(39-52)67-43-66(42-58(67)44-23-14-11-15-24-44)50-30-22-29-48(35-50)63(7,8)45-25-16-12-17-26-45/h11-42H,43H2,1-10H3. The Morgan fingerprint density at radius 1 is 0.464 bits per heavy atom. The summed E-state index contributed by atoms with van der Waals surface area (Å²) < 4.78 is 9.64. The summed E-state index contributed by atoms with van der Waals surface area (Å²) in [6.45, 7) is 23.5. The molecule has 0 atom stereocenters. The van der Waals surface area contributed by atoms with Crippen LogP contribution in [0.5, 0.6) is 11.5 Å². The highest BCUT2D eigenvalue weighted by molar-refractivity contribution is 6.11. The largest absolute Gasteiger partial charge is 0.457 e. The molecule has 5 nitrogen and oxygen atoms in total. The molecular weight excluding hydrogens is 841 g/mol. The molecular formula is C64H64N4O. The summed E-state index contributed by atoms with van der Waals surface area (Å²) >= 11 is 0. The van der Waals surface area contributed by atoms with E-state index in [1.807, 2.05) is 6.20 Å². The van der Waals surface area contributed by atoms with E-state index >= 15 is 0 Å². The molecule has 9 aromatic rings. The molecule has 0 radical (unpaired) electrons. The number of hydrogen-bond donors (Lipinski definition) is 0. The fraction of sp³-hybridized carbons (Fsp3) is 0.234. The van der Waals surface area contributed by atoms with Gasteiger partial charge in [-0.15, -0.1) is 0 Å². The average molecular weight is 905 g/mol. The molecule has 10 rings (SSSR count). The van der Waals surface area contributed by atoms with Crippen LogP contribution in [0, 0.1) is 0 Å². The molecule has 0 unspecified atom stereocenters. The van der Waals surface area contributed by atoms with Crippen molar-refractivity contribution in [2.24, 2.45) is 0 Å². The van der Waals surface area contributed by atoms with Gasteiger partial charge in [-0.2, -0.15) is 0 Å². The lowest BCUT2D eigenvalue weighted by atomic mass is 9.78. The zero-order valence-corrected chi connectivity index (χ0v) is 41.9. The van der Waals surface area contributed by atoms with Crippen molar-refractivity contribution in [3.63, 3.8) is 0 Å². The second-order valence-corrected chi connectivity index (χ2v) is 21.9. The van der Waals surface area contributed by atoms with Crippen LogP contribution in [0.1, 0.15) is 108 Å². The molecule has 0 aliphatic carbocycles. The molecule has 0 amide bonds. The SMILES string of the molecule is CC(C)(C)c1ccnc(-n2c3ccccc3c3c(C(C)(C)C)cc(Oc4cc(N5CN(c6cccc(C(C)(C)c7ccccc7)c6)C=C5c5ccccc5)cc(C(C)(C)c5ccccc5)c4)cc32)c1. The maximum atomic E-state index is 7.31. The van der Waals surface area contributed by atoms with E-state index in [9.17, 15) is 0 Å². The van der Waals surface area contributed by atoms with E-state index < -0.39 is 0 Å². The molecule has 0 N–H and O–H groups in total. The summed E-state index contributed by atoms with van der Waals surface area (Å²) in [5.74, 6) is 2.45. The first kappa shape index (κ1) is 45.4. The number of anilines is 2. The highest BCUT2D eigenvalue weighted by Crippen LogP contribution is 2.45. The van der Waals surface area contributed by atoms with Gasteiger partial charge in [-0.3, -0.25) is 4.57 Å². The van der Waals surface area contributed by atoms with Gasteiger partial charge in [0.2, 0.25) is 0 Å². The molecule has 2 aromatic heterocycles. The van der Waals surface area contributed by atoms with E-state index in [1.54, 1.807) is 0 Å². The zero-order chi connectivity index (χ0) is 48.3. The van der Waals surface area contributed by atoms with Gasteiger partial charge in [0.25, 0.3) is 0 Å². The normalized spacial score (nSPS) is 13.6. The Kier molecular flexibility index (Phi) is 11.4. The van der Waals surface area contributed by atoms with Crippen LogP contribution in [0.15, 0.2) is 194 Å². The van der Waals surface area contributed by atoms with Gasteiger partial charge in [0.1, 0.15) is 17.3 Å². The number of aromatic nitrogens is 2. The lowest BCUT2D eigenvalue weighted by molar-refractivity contribution is 0.477. The maximum Gasteiger partial charge on any atom is 0.137 e. The number of hydrogen-bond acceptors (Lipinski definition) is 4. The Morgan fingerprint density at radius 2 is 1.06 bits per heavy atom. The molecule has 1 aliphatic rings. The monoisotopic (exact) mass is 905 g/mol. The Labute approximate surface area is 409 Å². The van der Waals surface area contributed by atoms with Gasteiger partial charge >= 0.3 is 0 Å². The van der Waals surface area contributed by atoms with E-state index in [4.69, 9.17) is 9.72 Å². The van der Waals surface area contributed by atoms with Crippen molar-refractivity contribution in [1.29, 1.82) is 0 Å². The minimum absolute atomic E-state index is 0.0389. The average Bonchev–Trinajstić information content (AvgIpc) is 3.95. The van der Waals surface area contributed by atoms with E-state index in [0.29, 0.717) is 6.67 Å². The van der Waals surface area contributed by atoms with E-state index in [2.05, 4.69) is 272 Å². The molecule has 7 aromatic carbocycles. The summed E-state index contributed by atoms with van der Waals surface area (Å²) in [6.07, 6.45) is 4.26. The molecule has 0 fully saturated rings. The van der Waals surface area contributed by atoms with Gasteiger partial charge in [0.15, 0.2) is 0 Å². The van der Waals surface area contributed by atoms with Crippen LogP contribution in [0.25, 0.3) is 33.3 Å². The second kappa shape index (κ2) is 17.3. The smallest absolute Gasteiger partial charge is 0.137 e.